The van der Waals surface area contributed by atoms with Crippen molar-refractivity contribution >= 4 is 5.97 Å². The Kier molecular flexibility index (Phi) is 4.38. The van der Waals surface area contributed by atoms with Crippen molar-refractivity contribution in [1.82, 2.24) is 0 Å². The van der Waals surface area contributed by atoms with Gasteiger partial charge in [-0.25, -0.2) is 13.6 Å². The molecule has 1 aliphatic heterocycles. The second-order valence-corrected chi connectivity index (χ2v) is 8.59. The average molecular weight is 416 g/mol. The number of hydrogen-bond acceptors (Lipinski definition) is 4. The summed E-state index contributed by atoms with van der Waals surface area (Å²) in [5.74, 6) is -1.23. The van der Waals surface area contributed by atoms with Crippen LogP contribution in [0.5, 0.6) is 11.5 Å². The van der Waals surface area contributed by atoms with Crippen molar-refractivity contribution in [3.8, 4) is 11.5 Å². The van der Waals surface area contributed by atoms with Crippen LogP contribution in [0.25, 0.3) is 0 Å². The van der Waals surface area contributed by atoms with Crippen molar-refractivity contribution < 1.29 is 32.9 Å². The minimum atomic E-state index is -0.982. The lowest BCUT2D eigenvalue weighted by molar-refractivity contribution is -0.142. The molecular formula is C23H22F2O5. The van der Waals surface area contributed by atoms with Crippen LogP contribution in [-0.2, 0) is 19.9 Å². The Hall–Kier alpha value is -2.51. The third-order valence-corrected chi connectivity index (χ3v) is 7.12. The highest BCUT2D eigenvalue weighted by Gasteiger charge is 2.84. The number of carboxylic acid groups (broad SMARTS) is 1. The maximum absolute atomic E-state index is 14.5. The summed E-state index contributed by atoms with van der Waals surface area (Å²) in [6.07, 6.45) is 3.48. The molecule has 1 N–H and O–H groups in total. The number of ether oxygens (including phenoxy) is 3. The van der Waals surface area contributed by atoms with E-state index in [9.17, 15) is 13.6 Å². The van der Waals surface area contributed by atoms with Crippen LogP contribution >= 0.6 is 0 Å². The Bertz CT molecular complexity index is 1010. The predicted octanol–water partition coefficient (Wildman–Crippen LogP) is 4.64. The minimum absolute atomic E-state index is 0.0420. The second-order valence-electron chi connectivity index (χ2n) is 8.59. The summed E-state index contributed by atoms with van der Waals surface area (Å²) >= 11 is 0. The number of benzene rings is 2. The van der Waals surface area contributed by atoms with Crippen molar-refractivity contribution in [2.75, 3.05) is 19.8 Å². The monoisotopic (exact) mass is 416 g/mol. The number of hydrogen-bond donors (Lipinski definition) is 1. The molecule has 3 atom stereocenters. The molecule has 0 bridgehead atoms. The van der Waals surface area contributed by atoms with Gasteiger partial charge in [-0.2, -0.15) is 0 Å². The fourth-order valence-electron chi connectivity index (χ4n) is 5.63. The molecule has 2 aromatic carbocycles. The average Bonchev–Trinajstić information content (AvgIpc) is 3.32. The molecule has 30 heavy (non-hydrogen) atoms. The van der Waals surface area contributed by atoms with Crippen molar-refractivity contribution in [3.63, 3.8) is 0 Å². The van der Waals surface area contributed by atoms with Gasteiger partial charge < -0.3 is 19.3 Å². The topological polar surface area (TPSA) is 65.0 Å². The molecule has 3 aliphatic rings. The summed E-state index contributed by atoms with van der Waals surface area (Å²) in [4.78, 5) is 10.6. The van der Waals surface area contributed by atoms with Gasteiger partial charge in [0.05, 0.1) is 12.2 Å². The third kappa shape index (κ3) is 2.83. The smallest absolute Gasteiger partial charge is 0.329 e. The quantitative estimate of drug-likeness (QED) is 0.635. The van der Waals surface area contributed by atoms with Crippen molar-refractivity contribution in [3.05, 3.63) is 59.7 Å². The number of rotatable bonds is 8. The van der Waals surface area contributed by atoms with Crippen LogP contribution in [0.3, 0.4) is 0 Å². The molecule has 2 aromatic rings. The van der Waals surface area contributed by atoms with Crippen LogP contribution in [0.1, 0.15) is 31.2 Å². The van der Waals surface area contributed by atoms with E-state index in [1.807, 2.05) is 0 Å². The van der Waals surface area contributed by atoms with E-state index in [0.717, 1.165) is 31.2 Å². The lowest BCUT2D eigenvalue weighted by atomic mass is 9.60. The molecular weight excluding hydrogens is 394 g/mol. The lowest BCUT2D eigenvalue weighted by Crippen LogP contribution is -2.46. The zero-order valence-electron chi connectivity index (χ0n) is 16.3. The van der Waals surface area contributed by atoms with Gasteiger partial charge in [-0.3, -0.25) is 0 Å². The summed E-state index contributed by atoms with van der Waals surface area (Å²) < 4.78 is 45.1. The predicted molar refractivity (Wildman–Crippen MR) is 102 cm³/mol. The molecule has 7 heteroatoms. The molecule has 158 valence electrons. The minimum Gasteiger partial charge on any atom is -0.480 e. The van der Waals surface area contributed by atoms with Crippen LogP contribution in [0.2, 0.25) is 0 Å². The molecule has 2 saturated carbocycles. The zero-order chi connectivity index (χ0) is 21.0. The summed E-state index contributed by atoms with van der Waals surface area (Å²) in [5, 5.41) is 8.73. The van der Waals surface area contributed by atoms with E-state index in [-0.39, 0.29) is 17.4 Å². The van der Waals surface area contributed by atoms with Gasteiger partial charge in [-0.05, 0) is 55.5 Å². The first-order valence-electron chi connectivity index (χ1n) is 10.1. The SMILES string of the molecule is O=C(O)COCCC12COC3(c4cc(F)cc(Oc5cccc(F)c5)c4)CCC13C2. The maximum atomic E-state index is 14.5. The van der Waals surface area contributed by atoms with E-state index >= 15 is 0 Å². The van der Waals surface area contributed by atoms with Crippen LogP contribution in [0.15, 0.2) is 42.5 Å². The molecule has 3 fully saturated rings. The highest BCUT2D eigenvalue weighted by Crippen LogP contribution is 2.86. The van der Waals surface area contributed by atoms with E-state index in [1.54, 1.807) is 12.1 Å². The van der Waals surface area contributed by atoms with E-state index in [0.29, 0.717) is 24.7 Å². The van der Waals surface area contributed by atoms with Crippen LogP contribution in [0.4, 0.5) is 8.78 Å². The molecule has 0 amide bonds. The van der Waals surface area contributed by atoms with Gasteiger partial charge in [0, 0.05) is 29.6 Å². The standard InChI is InChI=1S/C23H22F2O5/c24-16-2-1-3-18(10-16)30-19-9-15(8-17(25)11-19)23-5-4-22(23)13-21(22,14-29-23)6-7-28-12-20(26)27/h1-3,8-11H,4-7,12-14H2,(H,26,27). The van der Waals surface area contributed by atoms with Gasteiger partial charge in [0.2, 0.25) is 0 Å². The molecule has 1 heterocycles. The molecule has 0 aromatic heterocycles. The van der Waals surface area contributed by atoms with E-state index in [2.05, 4.69) is 0 Å². The first-order chi connectivity index (χ1) is 14.4. The van der Waals surface area contributed by atoms with E-state index in [4.69, 9.17) is 19.3 Å². The Morgan fingerprint density at radius 1 is 1.10 bits per heavy atom. The molecule has 1 spiro atoms. The van der Waals surface area contributed by atoms with Gasteiger partial charge in [-0.15, -0.1) is 0 Å². The van der Waals surface area contributed by atoms with E-state index < -0.39 is 23.2 Å². The molecule has 0 radical (unpaired) electrons. The van der Waals surface area contributed by atoms with Crippen molar-refractivity contribution in [2.24, 2.45) is 10.8 Å². The summed E-state index contributed by atoms with van der Waals surface area (Å²) in [6, 6.07) is 10.3. The van der Waals surface area contributed by atoms with Crippen molar-refractivity contribution in [2.45, 2.75) is 31.3 Å². The van der Waals surface area contributed by atoms with Crippen LogP contribution in [-0.4, -0.2) is 30.9 Å². The van der Waals surface area contributed by atoms with Gasteiger partial charge in [0.15, 0.2) is 0 Å². The fraction of sp³-hybridized carbons (Fsp3) is 0.435. The summed E-state index contributed by atoms with van der Waals surface area (Å²) in [6.45, 7) is 0.615. The highest BCUT2D eigenvalue weighted by atomic mass is 19.1. The molecule has 1 saturated heterocycles. The van der Waals surface area contributed by atoms with Crippen LogP contribution < -0.4 is 4.74 Å². The number of halogens is 2. The largest absolute Gasteiger partial charge is 0.480 e. The molecule has 3 unspecified atom stereocenters. The molecule has 5 rings (SSSR count). The van der Waals surface area contributed by atoms with Gasteiger partial charge in [0.25, 0.3) is 0 Å². The lowest BCUT2D eigenvalue weighted by Gasteiger charge is -2.48. The van der Waals surface area contributed by atoms with Gasteiger partial charge in [0.1, 0.15) is 29.7 Å². The number of carbonyl (C=O) groups is 1. The highest BCUT2D eigenvalue weighted by molar-refractivity contribution is 5.68. The maximum Gasteiger partial charge on any atom is 0.329 e. The Morgan fingerprint density at radius 3 is 2.67 bits per heavy atom. The van der Waals surface area contributed by atoms with Crippen molar-refractivity contribution in [1.29, 1.82) is 0 Å². The van der Waals surface area contributed by atoms with Gasteiger partial charge in [-0.1, -0.05) is 6.07 Å². The fourth-order valence-corrected chi connectivity index (χ4v) is 5.63. The zero-order valence-corrected chi connectivity index (χ0v) is 16.3. The Labute approximate surface area is 172 Å². The summed E-state index contributed by atoms with van der Waals surface area (Å²) in [5.41, 5.74) is 0.0870. The second kappa shape index (κ2) is 6.75. The molecule has 5 nitrogen and oxygen atoms in total. The number of aliphatic carboxylic acids is 1. The summed E-state index contributed by atoms with van der Waals surface area (Å²) in [7, 11) is 0. The third-order valence-electron chi connectivity index (χ3n) is 7.12. The van der Waals surface area contributed by atoms with Crippen LogP contribution in [0, 0.1) is 22.5 Å². The van der Waals surface area contributed by atoms with Gasteiger partial charge >= 0.3 is 5.97 Å². The normalized spacial score (nSPS) is 30.9. The number of carboxylic acids is 1. The first-order valence-corrected chi connectivity index (χ1v) is 10.1. The molecule has 2 aliphatic carbocycles. The van der Waals surface area contributed by atoms with E-state index in [1.165, 1.54) is 30.3 Å². The first kappa shape index (κ1) is 19.5. The Morgan fingerprint density at radius 2 is 1.93 bits per heavy atom. The Balaban J connectivity index is 1.36.